The van der Waals surface area contributed by atoms with E-state index in [0.717, 1.165) is 32.4 Å². The molecule has 1 aliphatic rings. The normalized spacial score (nSPS) is 21.3. The fourth-order valence-corrected chi connectivity index (χ4v) is 3.22. The minimum Gasteiger partial charge on any atom is -0.355 e. The first-order valence-corrected chi connectivity index (χ1v) is 7.70. The Labute approximate surface area is 142 Å². The van der Waals surface area contributed by atoms with E-state index in [1.165, 1.54) is 0 Å². The van der Waals surface area contributed by atoms with Gasteiger partial charge in [0, 0.05) is 31.1 Å². The van der Waals surface area contributed by atoms with Gasteiger partial charge in [0.25, 0.3) is 0 Å². The van der Waals surface area contributed by atoms with Gasteiger partial charge in [-0.25, -0.2) is 0 Å². The quantitative estimate of drug-likeness (QED) is 0.747. The fourth-order valence-electron chi connectivity index (χ4n) is 3.22. The van der Waals surface area contributed by atoms with Crippen molar-refractivity contribution in [3.8, 4) is 0 Å². The molecule has 2 atom stereocenters. The van der Waals surface area contributed by atoms with Crippen molar-refractivity contribution >= 4 is 30.7 Å². The third kappa shape index (κ3) is 7.18. The summed E-state index contributed by atoms with van der Waals surface area (Å²) in [5.74, 6) is 0.753. The Hall–Kier alpha value is -0.0300. The summed E-state index contributed by atoms with van der Waals surface area (Å²) in [6.45, 7) is 11.1. The van der Waals surface area contributed by atoms with E-state index in [9.17, 15) is 4.79 Å². The van der Waals surface area contributed by atoms with E-state index in [-0.39, 0.29) is 36.6 Å². The lowest BCUT2D eigenvalue weighted by atomic mass is 9.95. The molecule has 4 nitrogen and oxygen atoms in total. The van der Waals surface area contributed by atoms with Gasteiger partial charge in [-0.3, -0.25) is 9.69 Å². The molecule has 0 aromatic rings. The predicted molar refractivity (Wildman–Crippen MR) is 94.4 cm³/mol. The zero-order valence-corrected chi connectivity index (χ0v) is 15.4. The van der Waals surface area contributed by atoms with Crippen LogP contribution in [0, 0.1) is 11.8 Å². The van der Waals surface area contributed by atoms with E-state index in [1.54, 1.807) is 0 Å². The fraction of sp³-hybridized carbons (Fsp3) is 0.933. The third-order valence-corrected chi connectivity index (χ3v) is 4.29. The van der Waals surface area contributed by atoms with Crippen molar-refractivity contribution in [3.05, 3.63) is 0 Å². The molecular formula is C15H33Cl2N3O. The van der Waals surface area contributed by atoms with Crippen LogP contribution < -0.4 is 11.1 Å². The molecule has 0 saturated heterocycles. The molecule has 0 aromatic carbocycles. The largest absolute Gasteiger partial charge is 0.355 e. The Bertz CT molecular complexity index is 280. The van der Waals surface area contributed by atoms with Crippen LogP contribution in [0.5, 0.6) is 0 Å². The lowest BCUT2D eigenvalue weighted by Crippen LogP contribution is -2.44. The van der Waals surface area contributed by atoms with Gasteiger partial charge in [0.2, 0.25) is 5.91 Å². The Morgan fingerprint density at radius 2 is 1.76 bits per heavy atom. The third-order valence-electron chi connectivity index (χ3n) is 4.29. The van der Waals surface area contributed by atoms with Gasteiger partial charge in [-0.05, 0) is 53.0 Å². The molecule has 0 aromatic heterocycles. The van der Waals surface area contributed by atoms with Crippen LogP contribution in [-0.4, -0.2) is 42.5 Å². The first-order valence-electron chi connectivity index (χ1n) is 7.70. The van der Waals surface area contributed by atoms with Crippen LogP contribution in [-0.2, 0) is 4.79 Å². The summed E-state index contributed by atoms with van der Waals surface area (Å²) in [5, 5.41) is 3.09. The number of nitrogens with two attached hydrogens (primary N) is 1. The molecule has 0 aliphatic heterocycles. The monoisotopic (exact) mass is 341 g/mol. The molecule has 1 aliphatic carbocycles. The molecule has 0 spiro atoms. The number of nitrogens with one attached hydrogen (secondary N) is 1. The van der Waals surface area contributed by atoms with E-state index in [1.807, 2.05) is 0 Å². The van der Waals surface area contributed by atoms with Crippen LogP contribution in [0.4, 0.5) is 0 Å². The smallest absolute Gasteiger partial charge is 0.223 e. The summed E-state index contributed by atoms with van der Waals surface area (Å²) in [5.41, 5.74) is 5.73. The van der Waals surface area contributed by atoms with Gasteiger partial charge >= 0.3 is 0 Å². The van der Waals surface area contributed by atoms with Gasteiger partial charge < -0.3 is 11.1 Å². The molecule has 0 unspecified atom stereocenters. The molecule has 21 heavy (non-hydrogen) atoms. The molecule has 0 heterocycles. The number of amides is 1. The van der Waals surface area contributed by atoms with Gasteiger partial charge in [-0.1, -0.05) is 6.42 Å². The first-order chi connectivity index (χ1) is 8.97. The van der Waals surface area contributed by atoms with Crippen LogP contribution in [0.15, 0.2) is 0 Å². The minimum atomic E-state index is 0. The molecule has 0 bridgehead atoms. The number of halogens is 2. The SMILES string of the molecule is CC(C)N(CCNC(=O)[C@@H]1CCC[C@@H]1CN)C(C)C.Cl.Cl. The average molecular weight is 342 g/mol. The number of hydrogen-bond acceptors (Lipinski definition) is 3. The van der Waals surface area contributed by atoms with Crippen LogP contribution in [0.2, 0.25) is 0 Å². The summed E-state index contributed by atoms with van der Waals surface area (Å²) in [6.07, 6.45) is 3.26. The molecule has 0 radical (unpaired) electrons. The highest BCUT2D eigenvalue weighted by atomic mass is 35.5. The van der Waals surface area contributed by atoms with Crippen molar-refractivity contribution in [1.82, 2.24) is 10.2 Å². The Morgan fingerprint density at radius 1 is 1.19 bits per heavy atom. The van der Waals surface area contributed by atoms with Gasteiger partial charge in [-0.2, -0.15) is 0 Å². The van der Waals surface area contributed by atoms with Crippen molar-refractivity contribution in [2.45, 2.75) is 59.0 Å². The number of hydrogen-bond donors (Lipinski definition) is 2. The maximum Gasteiger partial charge on any atom is 0.223 e. The Morgan fingerprint density at radius 3 is 2.24 bits per heavy atom. The zero-order chi connectivity index (χ0) is 14.4. The van der Waals surface area contributed by atoms with Crippen LogP contribution in [0.1, 0.15) is 47.0 Å². The lowest BCUT2D eigenvalue weighted by Gasteiger charge is -2.30. The summed E-state index contributed by atoms with van der Waals surface area (Å²) in [4.78, 5) is 14.5. The molecule has 1 rings (SSSR count). The second-order valence-corrected chi connectivity index (χ2v) is 6.25. The number of carbonyl (C=O) groups is 1. The maximum atomic E-state index is 12.2. The van der Waals surface area contributed by atoms with Crippen molar-refractivity contribution in [3.63, 3.8) is 0 Å². The average Bonchev–Trinajstić information content (AvgIpc) is 2.81. The zero-order valence-electron chi connectivity index (χ0n) is 13.8. The van der Waals surface area contributed by atoms with Crippen molar-refractivity contribution in [1.29, 1.82) is 0 Å². The summed E-state index contributed by atoms with van der Waals surface area (Å²) in [7, 11) is 0. The number of carbonyl (C=O) groups excluding carboxylic acids is 1. The van der Waals surface area contributed by atoms with E-state index in [4.69, 9.17) is 5.73 Å². The van der Waals surface area contributed by atoms with Crippen LogP contribution in [0.3, 0.4) is 0 Å². The molecule has 1 amide bonds. The topological polar surface area (TPSA) is 58.4 Å². The minimum absolute atomic E-state index is 0. The van der Waals surface area contributed by atoms with Gasteiger partial charge in [0.15, 0.2) is 0 Å². The highest BCUT2D eigenvalue weighted by Crippen LogP contribution is 2.30. The number of rotatable bonds is 7. The molecule has 128 valence electrons. The van der Waals surface area contributed by atoms with Crippen LogP contribution >= 0.6 is 24.8 Å². The summed E-state index contributed by atoms with van der Waals surface area (Å²) >= 11 is 0. The molecule has 3 N–H and O–H groups in total. The van der Waals surface area contributed by atoms with E-state index in [0.29, 0.717) is 24.5 Å². The highest BCUT2D eigenvalue weighted by Gasteiger charge is 2.31. The number of nitrogens with zero attached hydrogens (tertiary/aromatic N) is 1. The van der Waals surface area contributed by atoms with Crippen molar-refractivity contribution < 1.29 is 4.79 Å². The standard InChI is InChI=1S/C15H31N3O.2ClH/c1-11(2)18(12(3)4)9-8-17-15(19)14-7-5-6-13(14)10-16;;/h11-14H,5-10,16H2,1-4H3,(H,17,19);2*1H/t13-,14-;;/m1../s1. The summed E-state index contributed by atoms with van der Waals surface area (Å²) in [6, 6.07) is 1.03. The highest BCUT2D eigenvalue weighted by molar-refractivity contribution is 5.85. The molecule has 1 fully saturated rings. The molecule has 6 heteroatoms. The summed E-state index contributed by atoms with van der Waals surface area (Å²) < 4.78 is 0. The molecular weight excluding hydrogens is 309 g/mol. The van der Waals surface area contributed by atoms with Gasteiger partial charge in [0.05, 0.1) is 0 Å². The first kappa shape index (κ1) is 23.2. The van der Waals surface area contributed by atoms with Crippen LogP contribution in [0.25, 0.3) is 0 Å². The maximum absolute atomic E-state index is 12.2. The van der Waals surface area contributed by atoms with Gasteiger partial charge in [-0.15, -0.1) is 24.8 Å². The van der Waals surface area contributed by atoms with E-state index >= 15 is 0 Å². The lowest BCUT2D eigenvalue weighted by molar-refractivity contribution is -0.126. The van der Waals surface area contributed by atoms with Crippen molar-refractivity contribution in [2.24, 2.45) is 17.6 Å². The Kier molecular flexibility index (Phi) is 12.8. The second-order valence-electron chi connectivity index (χ2n) is 6.25. The predicted octanol–water partition coefficient (Wildman–Crippen LogP) is 2.44. The molecule has 1 saturated carbocycles. The van der Waals surface area contributed by atoms with E-state index < -0.39 is 0 Å². The van der Waals surface area contributed by atoms with E-state index in [2.05, 4.69) is 37.9 Å². The van der Waals surface area contributed by atoms with Gasteiger partial charge in [0.1, 0.15) is 0 Å². The van der Waals surface area contributed by atoms with Crippen molar-refractivity contribution in [2.75, 3.05) is 19.6 Å². The second kappa shape index (κ2) is 11.5. The Balaban J connectivity index is 0.